The number of nitrogens with one attached hydrogen (secondary N) is 1. The lowest BCUT2D eigenvalue weighted by Gasteiger charge is -2.36. The molecule has 4 rings (SSSR count). The summed E-state index contributed by atoms with van der Waals surface area (Å²) in [5.41, 5.74) is 0.776. The average molecular weight is 358 g/mol. The number of halogens is 3. The Morgan fingerprint density at radius 1 is 0.885 bits per heavy atom. The van der Waals surface area contributed by atoms with Crippen LogP contribution in [0, 0.1) is 0 Å². The zero-order valence-corrected chi connectivity index (χ0v) is 14.4. The highest BCUT2D eigenvalue weighted by Gasteiger charge is 2.36. The minimum absolute atomic E-state index is 0.627. The highest BCUT2D eigenvalue weighted by Crippen LogP contribution is 2.39. The quantitative estimate of drug-likeness (QED) is 0.671. The average Bonchev–Trinajstić information content (AvgIpc) is 2.66. The van der Waals surface area contributed by atoms with Crippen molar-refractivity contribution in [2.45, 2.75) is 18.6 Å². The van der Waals surface area contributed by atoms with E-state index in [4.69, 9.17) is 0 Å². The Balaban J connectivity index is 1.92. The molecule has 3 aromatic carbocycles. The van der Waals surface area contributed by atoms with E-state index in [1.54, 1.807) is 0 Å². The van der Waals surface area contributed by atoms with E-state index >= 15 is 0 Å². The van der Waals surface area contributed by atoms with Crippen molar-refractivity contribution < 1.29 is 13.2 Å². The van der Waals surface area contributed by atoms with Gasteiger partial charge in [0.05, 0.1) is 6.42 Å². The van der Waals surface area contributed by atoms with Gasteiger partial charge in [-0.1, -0.05) is 48.5 Å². The molecule has 1 fully saturated rings. The van der Waals surface area contributed by atoms with Gasteiger partial charge in [0.1, 0.15) is 0 Å². The van der Waals surface area contributed by atoms with Crippen molar-refractivity contribution in [2.75, 3.05) is 26.2 Å². The molecule has 0 radical (unpaired) electrons. The van der Waals surface area contributed by atoms with Crippen molar-refractivity contribution in [2.24, 2.45) is 0 Å². The number of hydrogen-bond acceptors (Lipinski definition) is 2. The van der Waals surface area contributed by atoms with Crippen molar-refractivity contribution in [3.8, 4) is 0 Å². The van der Waals surface area contributed by atoms with Gasteiger partial charge in [-0.25, -0.2) is 0 Å². The van der Waals surface area contributed by atoms with Crippen LogP contribution in [0.3, 0.4) is 0 Å². The third-order valence-electron chi connectivity index (χ3n) is 5.18. The van der Waals surface area contributed by atoms with Gasteiger partial charge < -0.3 is 5.32 Å². The van der Waals surface area contributed by atoms with Crippen molar-refractivity contribution in [1.82, 2.24) is 10.2 Å². The molecular weight excluding hydrogens is 337 g/mol. The predicted octanol–water partition coefficient (Wildman–Crippen LogP) is 4.89. The topological polar surface area (TPSA) is 15.3 Å². The van der Waals surface area contributed by atoms with Crippen LogP contribution in [-0.2, 0) is 0 Å². The molecule has 0 aliphatic carbocycles. The maximum atomic E-state index is 13.4. The monoisotopic (exact) mass is 358 g/mol. The molecule has 2 nitrogen and oxygen atoms in total. The third kappa shape index (κ3) is 3.41. The summed E-state index contributed by atoms with van der Waals surface area (Å²) in [6, 6.07) is 17.0. The fraction of sp³-hybridized carbons (Fsp3) is 0.333. The number of benzene rings is 3. The summed E-state index contributed by atoms with van der Waals surface area (Å²) in [6.45, 7) is 2.70. The fourth-order valence-corrected chi connectivity index (χ4v) is 4.01. The largest absolute Gasteiger partial charge is 0.390 e. The lowest BCUT2D eigenvalue weighted by molar-refractivity contribution is -0.148. The molecule has 0 aromatic heterocycles. The molecule has 3 aromatic rings. The van der Waals surface area contributed by atoms with Crippen molar-refractivity contribution in [1.29, 1.82) is 0 Å². The first-order valence-corrected chi connectivity index (χ1v) is 8.95. The minimum Gasteiger partial charge on any atom is -0.314 e. The Morgan fingerprint density at radius 2 is 1.50 bits per heavy atom. The molecule has 0 spiro atoms. The summed E-state index contributed by atoms with van der Waals surface area (Å²) in [6.07, 6.45) is -5.03. The summed E-state index contributed by atoms with van der Waals surface area (Å²) in [4.78, 5) is 1.97. The fourth-order valence-electron chi connectivity index (χ4n) is 4.01. The zero-order valence-electron chi connectivity index (χ0n) is 14.4. The Morgan fingerprint density at radius 3 is 2.19 bits per heavy atom. The van der Waals surface area contributed by atoms with Crippen molar-refractivity contribution in [3.63, 3.8) is 0 Å². The van der Waals surface area contributed by atoms with E-state index in [0.29, 0.717) is 13.1 Å². The second-order valence-electron chi connectivity index (χ2n) is 6.85. The van der Waals surface area contributed by atoms with Gasteiger partial charge in [-0.3, -0.25) is 4.90 Å². The smallest absolute Gasteiger partial charge is 0.314 e. The number of hydrogen-bond donors (Lipinski definition) is 1. The minimum atomic E-state index is -4.21. The van der Waals surface area contributed by atoms with Crippen LogP contribution in [0.1, 0.15) is 18.0 Å². The van der Waals surface area contributed by atoms with Crippen LogP contribution in [0.25, 0.3) is 21.5 Å². The van der Waals surface area contributed by atoms with E-state index < -0.39 is 18.6 Å². The number of nitrogens with zero attached hydrogens (tertiary/aromatic N) is 1. The normalized spacial score (nSPS) is 17.7. The molecule has 0 saturated carbocycles. The lowest BCUT2D eigenvalue weighted by atomic mass is 9.91. The second kappa shape index (κ2) is 6.89. The van der Waals surface area contributed by atoms with Crippen LogP contribution in [0.15, 0.2) is 54.6 Å². The van der Waals surface area contributed by atoms with Crippen molar-refractivity contribution in [3.05, 3.63) is 60.2 Å². The van der Waals surface area contributed by atoms with E-state index in [0.717, 1.165) is 40.2 Å². The molecule has 1 atom stereocenters. The molecule has 1 saturated heterocycles. The van der Waals surface area contributed by atoms with Crippen LogP contribution in [0.5, 0.6) is 0 Å². The van der Waals surface area contributed by atoms with Gasteiger partial charge in [-0.05, 0) is 33.2 Å². The van der Waals surface area contributed by atoms with Crippen LogP contribution in [0.4, 0.5) is 13.2 Å². The number of rotatable bonds is 3. The molecule has 1 aliphatic heterocycles. The van der Waals surface area contributed by atoms with E-state index in [1.165, 1.54) is 0 Å². The van der Waals surface area contributed by atoms with Crippen LogP contribution in [-0.4, -0.2) is 37.3 Å². The molecule has 26 heavy (non-hydrogen) atoms. The Labute approximate surface area is 150 Å². The predicted molar refractivity (Wildman–Crippen MR) is 99.3 cm³/mol. The second-order valence-corrected chi connectivity index (χ2v) is 6.85. The molecule has 0 bridgehead atoms. The molecule has 1 aliphatic rings. The van der Waals surface area contributed by atoms with E-state index in [1.807, 2.05) is 59.5 Å². The summed E-state index contributed by atoms with van der Waals surface area (Å²) in [7, 11) is 0. The van der Waals surface area contributed by atoms with Crippen molar-refractivity contribution >= 4 is 21.5 Å². The number of fused-ring (bicyclic) bond motifs is 3. The first-order valence-electron chi connectivity index (χ1n) is 8.95. The molecule has 5 heteroatoms. The standard InChI is InChI=1S/C21H21F3N2/c22-21(23,24)14-20(26-11-9-25-10-12-26)19-13-15-5-1-2-6-16(15)17-7-3-4-8-18(17)19/h1-8,13,20,25H,9-12,14H2/t20-/m1/s1. The summed E-state index contributed by atoms with van der Waals surface area (Å²) < 4.78 is 40.3. The Kier molecular flexibility index (Phi) is 4.59. The highest BCUT2D eigenvalue weighted by atomic mass is 19.4. The van der Waals surface area contributed by atoms with E-state index in [-0.39, 0.29) is 0 Å². The number of alkyl halides is 3. The lowest BCUT2D eigenvalue weighted by Crippen LogP contribution is -2.46. The number of piperazine rings is 1. The summed E-state index contributed by atoms with van der Waals surface area (Å²) in [5, 5.41) is 7.23. The molecule has 0 unspecified atom stereocenters. The molecule has 1 N–H and O–H groups in total. The highest BCUT2D eigenvalue weighted by molar-refractivity contribution is 6.09. The van der Waals surface area contributed by atoms with Gasteiger partial charge >= 0.3 is 6.18 Å². The van der Waals surface area contributed by atoms with Crippen LogP contribution >= 0.6 is 0 Å². The first kappa shape index (κ1) is 17.3. The summed E-state index contributed by atoms with van der Waals surface area (Å²) in [5.74, 6) is 0. The van der Waals surface area contributed by atoms with Gasteiger partial charge in [0.2, 0.25) is 0 Å². The van der Waals surface area contributed by atoms with Crippen LogP contribution in [0.2, 0.25) is 0 Å². The van der Waals surface area contributed by atoms with Gasteiger partial charge in [0.25, 0.3) is 0 Å². The molecule has 1 heterocycles. The Hall–Kier alpha value is -2.11. The van der Waals surface area contributed by atoms with E-state index in [2.05, 4.69) is 5.32 Å². The van der Waals surface area contributed by atoms with Gasteiger partial charge in [-0.2, -0.15) is 13.2 Å². The van der Waals surface area contributed by atoms with Crippen LogP contribution < -0.4 is 5.32 Å². The summed E-state index contributed by atoms with van der Waals surface area (Å²) >= 11 is 0. The first-order chi connectivity index (χ1) is 12.5. The Bertz CT molecular complexity index is 914. The zero-order chi connectivity index (χ0) is 18.1. The maximum absolute atomic E-state index is 13.4. The van der Waals surface area contributed by atoms with E-state index in [9.17, 15) is 13.2 Å². The molecular formula is C21H21F3N2. The maximum Gasteiger partial charge on any atom is 0.390 e. The molecule has 136 valence electrons. The van der Waals surface area contributed by atoms with Gasteiger partial charge in [0, 0.05) is 32.2 Å². The molecule has 0 amide bonds. The SMILES string of the molecule is FC(F)(F)C[C@H](c1cc2ccccc2c2ccccc12)N1CCNCC1. The van der Waals surface area contributed by atoms with Gasteiger partial charge in [0.15, 0.2) is 0 Å². The third-order valence-corrected chi connectivity index (χ3v) is 5.18. The van der Waals surface area contributed by atoms with Gasteiger partial charge in [-0.15, -0.1) is 0 Å².